The SMILES string of the molecule is COc1cc2ccsc2cc1CCNc1cc(-c2ccc(C(=O)O)c(SC)c2)ncn1. The van der Waals surface area contributed by atoms with Gasteiger partial charge in [-0.2, -0.15) is 0 Å². The monoisotopic (exact) mass is 451 g/mol. The van der Waals surface area contributed by atoms with E-state index in [-0.39, 0.29) is 0 Å². The van der Waals surface area contributed by atoms with Gasteiger partial charge >= 0.3 is 5.97 Å². The molecule has 158 valence electrons. The van der Waals surface area contributed by atoms with E-state index < -0.39 is 5.97 Å². The first-order chi connectivity index (χ1) is 15.1. The first-order valence-electron chi connectivity index (χ1n) is 9.61. The average Bonchev–Trinajstić information content (AvgIpc) is 3.25. The number of fused-ring (bicyclic) bond motifs is 1. The molecule has 6 nitrogen and oxygen atoms in total. The lowest BCUT2D eigenvalue weighted by atomic mass is 10.1. The van der Waals surface area contributed by atoms with Gasteiger partial charge in [-0.25, -0.2) is 14.8 Å². The van der Waals surface area contributed by atoms with Crippen LogP contribution < -0.4 is 10.1 Å². The number of nitrogens with zero attached hydrogens (tertiary/aromatic N) is 2. The molecule has 0 saturated carbocycles. The number of hydrogen-bond donors (Lipinski definition) is 2. The third kappa shape index (κ3) is 4.65. The summed E-state index contributed by atoms with van der Waals surface area (Å²) in [5, 5.41) is 15.9. The number of hydrogen-bond acceptors (Lipinski definition) is 7. The van der Waals surface area contributed by atoms with Crippen LogP contribution in [0.25, 0.3) is 21.3 Å². The van der Waals surface area contributed by atoms with Crippen LogP contribution in [0.3, 0.4) is 0 Å². The molecule has 0 atom stereocenters. The molecule has 0 radical (unpaired) electrons. The Kier molecular flexibility index (Phi) is 6.39. The van der Waals surface area contributed by atoms with E-state index in [4.69, 9.17) is 4.74 Å². The second-order valence-electron chi connectivity index (χ2n) is 6.81. The Balaban J connectivity index is 1.49. The Morgan fingerprint density at radius 1 is 1.19 bits per heavy atom. The molecule has 0 aliphatic heterocycles. The molecule has 0 spiro atoms. The van der Waals surface area contributed by atoms with Crippen molar-refractivity contribution in [1.82, 2.24) is 9.97 Å². The Labute approximate surface area is 188 Å². The highest BCUT2D eigenvalue weighted by atomic mass is 32.2. The molecule has 0 aliphatic rings. The topological polar surface area (TPSA) is 84.3 Å². The Morgan fingerprint density at radius 2 is 2.06 bits per heavy atom. The molecule has 4 aromatic rings. The van der Waals surface area contributed by atoms with Crippen molar-refractivity contribution in [1.29, 1.82) is 0 Å². The van der Waals surface area contributed by atoms with Crippen LogP contribution in [0.15, 0.2) is 59.1 Å². The molecule has 2 aromatic carbocycles. The molecule has 2 aromatic heterocycles. The smallest absolute Gasteiger partial charge is 0.336 e. The number of thioether (sulfide) groups is 1. The first kappa shape index (κ1) is 21.1. The number of aromatic carboxylic acids is 1. The Morgan fingerprint density at radius 3 is 2.84 bits per heavy atom. The minimum atomic E-state index is -0.933. The Bertz CT molecular complexity index is 1240. The molecule has 2 N–H and O–H groups in total. The van der Waals surface area contributed by atoms with Gasteiger partial charge in [0, 0.05) is 27.8 Å². The van der Waals surface area contributed by atoms with Gasteiger partial charge in [-0.1, -0.05) is 6.07 Å². The van der Waals surface area contributed by atoms with Crippen LogP contribution in [0, 0.1) is 0 Å². The van der Waals surface area contributed by atoms with Gasteiger partial charge in [-0.15, -0.1) is 23.1 Å². The lowest BCUT2D eigenvalue weighted by molar-refractivity contribution is 0.0693. The number of carboxylic acid groups (broad SMARTS) is 1. The summed E-state index contributed by atoms with van der Waals surface area (Å²) in [5.41, 5.74) is 3.03. The summed E-state index contributed by atoms with van der Waals surface area (Å²) in [7, 11) is 1.69. The molecule has 2 heterocycles. The number of benzene rings is 2. The summed E-state index contributed by atoms with van der Waals surface area (Å²) < 4.78 is 6.80. The summed E-state index contributed by atoms with van der Waals surface area (Å²) in [6, 6.07) is 13.5. The van der Waals surface area contributed by atoms with Gasteiger partial charge in [0.1, 0.15) is 17.9 Å². The zero-order chi connectivity index (χ0) is 21.8. The van der Waals surface area contributed by atoms with Crippen LogP contribution >= 0.6 is 23.1 Å². The van der Waals surface area contributed by atoms with Crippen molar-refractivity contribution in [3.05, 3.63) is 65.3 Å². The van der Waals surface area contributed by atoms with Crippen LogP contribution in [0.5, 0.6) is 5.75 Å². The second kappa shape index (κ2) is 9.36. The highest BCUT2D eigenvalue weighted by Crippen LogP contribution is 2.30. The van der Waals surface area contributed by atoms with E-state index in [0.29, 0.717) is 22.8 Å². The lowest BCUT2D eigenvalue weighted by Gasteiger charge is -2.11. The third-order valence-electron chi connectivity index (χ3n) is 4.95. The van der Waals surface area contributed by atoms with E-state index in [9.17, 15) is 9.90 Å². The van der Waals surface area contributed by atoms with Crippen LogP contribution in [0.4, 0.5) is 5.82 Å². The van der Waals surface area contributed by atoms with Crippen molar-refractivity contribution in [3.63, 3.8) is 0 Å². The van der Waals surface area contributed by atoms with E-state index in [1.165, 1.54) is 28.2 Å². The minimum Gasteiger partial charge on any atom is -0.496 e. The van der Waals surface area contributed by atoms with Crippen molar-refractivity contribution < 1.29 is 14.6 Å². The number of thiophene rings is 1. The maximum absolute atomic E-state index is 11.4. The maximum atomic E-state index is 11.4. The van der Waals surface area contributed by atoms with Crippen molar-refractivity contribution in [2.24, 2.45) is 0 Å². The molecule has 0 fully saturated rings. The van der Waals surface area contributed by atoms with Crippen LogP contribution in [0.1, 0.15) is 15.9 Å². The van der Waals surface area contributed by atoms with Crippen molar-refractivity contribution in [3.8, 4) is 17.0 Å². The van der Waals surface area contributed by atoms with Crippen molar-refractivity contribution in [2.45, 2.75) is 11.3 Å². The predicted octanol–water partition coefficient (Wildman–Crippen LogP) is 5.44. The number of methoxy groups -OCH3 is 1. The molecule has 0 amide bonds. The normalized spacial score (nSPS) is 10.9. The number of anilines is 1. The molecule has 0 aliphatic carbocycles. The van der Waals surface area contributed by atoms with E-state index >= 15 is 0 Å². The summed E-state index contributed by atoms with van der Waals surface area (Å²) in [6.45, 7) is 0.692. The lowest BCUT2D eigenvalue weighted by Crippen LogP contribution is -2.07. The number of rotatable bonds is 8. The molecular formula is C23H21N3O3S2. The number of ether oxygens (including phenoxy) is 1. The van der Waals surface area contributed by atoms with Gasteiger partial charge in [0.2, 0.25) is 0 Å². The number of carbonyl (C=O) groups is 1. The van der Waals surface area contributed by atoms with Gasteiger partial charge < -0.3 is 15.2 Å². The van der Waals surface area contributed by atoms with Crippen LogP contribution in [-0.4, -0.2) is 41.0 Å². The first-order valence-corrected chi connectivity index (χ1v) is 11.7. The standard InChI is InChI=1S/C23H21N3O3S2/c1-29-19-9-16-6-8-31-20(16)11-15(19)5-7-24-22-12-18(25-13-26-22)14-3-4-17(23(27)28)21(10-14)30-2/h3-4,6,8-13H,5,7H2,1-2H3,(H,27,28)(H,24,25,26). The fourth-order valence-corrected chi connectivity index (χ4v) is 4.84. The molecule has 8 heteroatoms. The largest absolute Gasteiger partial charge is 0.496 e. The third-order valence-corrected chi connectivity index (χ3v) is 6.61. The summed E-state index contributed by atoms with van der Waals surface area (Å²) in [4.78, 5) is 20.7. The number of aromatic nitrogens is 2. The second-order valence-corrected chi connectivity index (χ2v) is 8.60. The molecule has 0 bridgehead atoms. The highest BCUT2D eigenvalue weighted by molar-refractivity contribution is 7.98. The molecular weight excluding hydrogens is 430 g/mol. The van der Waals surface area contributed by atoms with E-state index in [2.05, 4.69) is 38.9 Å². The molecule has 0 unspecified atom stereocenters. The van der Waals surface area contributed by atoms with Gasteiger partial charge in [-0.05, 0) is 59.3 Å². The van der Waals surface area contributed by atoms with Crippen molar-refractivity contribution in [2.75, 3.05) is 25.2 Å². The van der Waals surface area contributed by atoms with Gasteiger partial charge in [0.05, 0.1) is 18.4 Å². The van der Waals surface area contributed by atoms with E-state index in [1.807, 2.05) is 18.4 Å². The Hall–Kier alpha value is -3.10. The summed E-state index contributed by atoms with van der Waals surface area (Å²) in [5.74, 6) is 0.672. The van der Waals surface area contributed by atoms with Gasteiger partial charge in [0.25, 0.3) is 0 Å². The number of nitrogens with one attached hydrogen (secondary N) is 1. The van der Waals surface area contributed by atoms with Crippen LogP contribution in [-0.2, 0) is 6.42 Å². The average molecular weight is 452 g/mol. The van der Waals surface area contributed by atoms with Gasteiger partial charge in [-0.3, -0.25) is 0 Å². The highest BCUT2D eigenvalue weighted by Gasteiger charge is 2.12. The van der Waals surface area contributed by atoms with Crippen LogP contribution in [0.2, 0.25) is 0 Å². The molecule has 31 heavy (non-hydrogen) atoms. The van der Waals surface area contributed by atoms with Gasteiger partial charge in [0.15, 0.2) is 0 Å². The minimum absolute atomic E-state index is 0.292. The fourth-order valence-electron chi connectivity index (χ4n) is 3.38. The maximum Gasteiger partial charge on any atom is 0.336 e. The number of carboxylic acids is 1. The predicted molar refractivity (Wildman–Crippen MR) is 127 cm³/mol. The molecule has 4 rings (SSSR count). The molecule has 0 saturated heterocycles. The summed E-state index contributed by atoms with van der Waals surface area (Å²) >= 11 is 3.12. The van der Waals surface area contributed by atoms with Crippen molar-refractivity contribution >= 4 is 45.0 Å². The quantitative estimate of drug-likeness (QED) is 0.345. The summed E-state index contributed by atoms with van der Waals surface area (Å²) in [6.07, 6.45) is 4.17. The fraction of sp³-hybridized carbons (Fsp3) is 0.174. The zero-order valence-electron chi connectivity index (χ0n) is 17.1. The zero-order valence-corrected chi connectivity index (χ0v) is 18.7. The van der Waals surface area contributed by atoms with E-state index in [1.54, 1.807) is 30.6 Å². The van der Waals surface area contributed by atoms with E-state index in [0.717, 1.165) is 29.0 Å².